The summed E-state index contributed by atoms with van der Waals surface area (Å²) in [6, 6.07) is 0. The van der Waals surface area contributed by atoms with E-state index in [1.807, 2.05) is 6.92 Å². The molecule has 0 amide bonds. The number of aliphatic hydroxyl groups excluding tert-OH is 1. The molecule has 0 saturated heterocycles. The van der Waals surface area contributed by atoms with Crippen molar-refractivity contribution < 1.29 is 5.11 Å². The fourth-order valence-electron chi connectivity index (χ4n) is 1.01. The van der Waals surface area contributed by atoms with Gasteiger partial charge in [0.25, 0.3) is 0 Å². The van der Waals surface area contributed by atoms with Gasteiger partial charge in [-0.1, -0.05) is 5.21 Å². The molecule has 12 heavy (non-hydrogen) atoms. The molecule has 1 atom stereocenters. The van der Waals surface area contributed by atoms with Gasteiger partial charge in [-0.2, -0.15) is 0 Å². The second kappa shape index (κ2) is 3.64. The van der Waals surface area contributed by atoms with Crippen LogP contribution >= 0.6 is 0 Å². The van der Waals surface area contributed by atoms with Crippen LogP contribution in [0, 0.1) is 6.92 Å². The van der Waals surface area contributed by atoms with Crippen LogP contribution in [0.25, 0.3) is 0 Å². The van der Waals surface area contributed by atoms with E-state index in [1.54, 1.807) is 11.6 Å². The van der Waals surface area contributed by atoms with Gasteiger partial charge in [0.05, 0.1) is 24.0 Å². The molecular weight excluding hydrogens is 156 g/mol. The molecule has 1 aromatic rings. The number of aliphatic hydroxyl groups is 1. The van der Waals surface area contributed by atoms with Crippen LogP contribution in [0.5, 0.6) is 0 Å². The van der Waals surface area contributed by atoms with Gasteiger partial charge in [-0.15, -0.1) is 5.10 Å². The summed E-state index contributed by atoms with van der Waals surface area (Å²) in [7, 11) is 0. The monoisotopic (exact) mass is 170 g/mol. The maximum atomic E-state index is 9.09. The van der Waals surface area contributed by atoms with E-state index in [0.717, 1.165) is 11.4 Å². The number of aromatic nitrogens is 3. The Morgan fingerprint density at radius 3 is 2.75 bits per heavy atom. The summed E-state index contributed by atoms with van der Waals surface area (Å²) < 4.78 is 1.66. The molecule has 0 aromatic carbocycles. The first-order chi connectivity index (χ1) is 5.65. The standard InChI is InChI=1S/C7H14N4O/c1-5(12)4-11-6(2)7(3-8)9-10-11/h5,12H,3-4,8H2,1-2H3. The van der Waals surface area contributed by atoms with E-state index >= 15 is 0 Å². The van der Waals surface area contributed by atoms with Gasteiger partial charge < -0.3 is 10.8 Å². The number of hydrogen-bond acceptors (Lipinski definition) is 4. The second-order valence-electron chi connectivity index (χ2n) is 2.86. The minimum Gasteiger partial charge on any atom is -0.391 e. The van der Waals surface area contributed by atoms with Gasteiger partial charge in [0, 0.05) is 6.54 Å². The summed E-state index contributed by atoms with van der Waals surface area (Å²) in [5.41, 5.74) is 7.13. The lowest BCUT2D eigenvalue weighted by atomic mass is 10.3. The topological polar surface area (TPSA) is 77.0 Å². The van der Waals surface area contributed by atoms with Crippen molar-refractivity contribution in [2.45, 2.75) is 33.0 Å². The lowest BCUT2D eigenvalue weighted by Crippen LogP contribution is -2.14. The summed E-state index contributed by atoms with van der Waals surface area (Å²) in [5, 5.41) is 16.8. The van der Waals surface area contributed by atoms with E-state index in [1.165, 1.54) is 0 Å². The maximum Gasteiger partial charge on any atom is 0.0991 e. The summed E-state index contributed by atoms with van der Waals surface area (Å²) in [6.45, 7) is 4.47. The maximum absolute atomic E-state index is 9.09. The van der Waals surface area contributed by atoms with Crippen molar-refractivity contribution in [1.29, 1.82) is 0 Å². The molecule has 0 aliphatic carbocycles. The minimum atomic E-state index is -0.406. The van der Waals surface area contributed by atoms with Crippen LogP contribution in [0.1, 0.15) is 18.3 Å². The number of hydrogen-bond donors (Lipinski definition) is 2. The van der Waals surface area contributed by atoms with Crippen LogP contribution in [0.3, 0.4) is 0 Å². The highest BCUT2D eigenvalue weighted by Gasteiger charge is 2.07. The smallest absolute Gasteiger partial charge is 0.0991 e. The first-order valence-corrected chi connectivity index (χ1v) is 3.92. The highest BCUT2D eigenvalue weighted by atomic mass is 16.3. The zero-order chi connectivity index (χ0) is 9.14. The Labute approximate surface area is 71.2 Å². The number of nitrogens with two attached hydrogens (primary N) is 1. The molecule has 1 heterocycles. The van der Waals surface area contributed by atoms with Crippen LogP contribution in [-0.2, 0) is 13.1 Å². The van der Waals surface area contributed by atoms with E-state index in [0.29, 0.717) is 13.1 Å². The molecule has 0 radical (unpaired) electrons. The fraction of sp³-hybridized carbons (Fsp3) is 0.714. The van der Waals surface area contributed by atoms with Gasteiger partial charge in [0.15, 0.2) is 0 Å². The first-order valence-electron chi connectivity index (χ1n) is 3.92. The molecule has 0 fully saturated rings. The van der Waals surface area contributed by atoms with Crippen LogP contribution in [-0.4, -0.2) is 26.2 Å². The summed E-state index contributed by atoms with van der Waals surface area (Å²) in [4.78, 5) is 0. The second-order valence-corrected chi connectivity index (χ2v) is 2.86. The van der Waals surface area contributed by atoms with Gasteiger partial charge >= 0.3 is 0 Å². The molecule has 1 unspecified atom stereocenters. The average Bonchev–Trinajstić information content (AvgIpc) is 2.32. The van der Waals surface area contributed by atoms with Crippen molar-refractivity contribution in [3.05, 3.63) is 11.4 Å². The zero-order valence-electron chi connectivity index (χ0n) is 7.36. The Hall–Kier alpha value is -0.940. The molecule has 0 spiro atoms. The van der Waals surface area contributed by atoms with E-state index in [9.17, 15) is 0 Å². The number of rotatable bonds is 3. The van der Waals surface area contributed by atoms with E-state index in [4.69, 9.17) is 10.8 Å². The lowest BCUT2D eigenvalue weighted by Gasteiger charge is -2.04. The number of nitrogens with zero attached hydrogens (tertiary/aromatic N) is 3. The van der Waals surface area contributed by atoms with Crippen molar-refractivity contribution in [2.24, 2.45) is 5.73 Å². The summed E-state index contributed by atoms with van der Waals surface area (Å²) in [5.74, 6) is 0. The molecule has 0 saturated carbocycles. The highest BCUT2D eigenvalue weighted by molar-refractivity contribution is 5.06. The third-order valence-corrected chi connectivity index (χ3v) is 1.71. The average molecular weight is 170 g/mol. The predicted molar refractivity (Wildman–Crippen MR) is 44.3 cm³/mol. The van der Waals surface area contributed by atoms with Gasteiger partial charge in [-0.25, -0.2) is 4.68 Å². The molecule has 5 nitrogen and oxygen atoms in total. The molecular formula is C7H14N4O. The fourth-order valence-corrected chi connectivity index (χ4v) is 1.01. The van der Waals surface area contributed by atoms with Gasteiger partial charge in [0.1, 0.15) is 0 Å². The largest absolute Gasteiger partial charge is 0.391 e. The van der Waals surface area contributed by atoms with Crippen LogP contribution in [0.4, 0.5) is 0 Å². The Morgan fingerprint density at radius 1 is 1.67 bits per heavy atom. The molecule has 3 N–H and O–H groups in total. The molecule has 5 heteroatoms. The molecule has 0 bridgehead atoms. The Bertz CT molecular complexity index is 256. The van der Waals surface area contributed by atoms with Gasteiger partial charge in [0.2, 0.25) is 0 Å². The van der Waals surface area contributed by atoms with Crippen molar-refractivity contribution in [1.82, 2.24) is 15.0 Å². The van der Waals surface area contributed by atoms with Crippen molar-refractivity contribution >= 4 is 0 Å². The molecule has 0 aliphatic heterocycles. The lowest BCUT2D eigenvalue weighted by molar-refractivity contribution is 0.166. The van der Waals surface area contributed by atoms with Gasteiger partial charge in [-0.3, -0.25) is 0 Å². The van der Waals surface area contributed by atoms with Crippen molar-refractivity contribution in [2.75, 3.05) is 0 Å². The normalized spacial score (nSPS) is 13.3. The van der Waals surface area contributed by atoms with E-state index in [2.05, 4.69) is 10.3 Å². The predicted octanol–water partition coefficient (Wildman–Crippen LogP) is -0.574. The third-order valence-electron chi connectivity index (χ3n) is 1.71. The molecule has 68 valence electrons. The quantitative estimate of drug-likeness (QED) is 0.636. The van der Waals surface area contributed by atoms with Crippen LogP contribution in [0.2, 0.25) is 0 Å². The first kappa shape index (κ1) is 9.15. The van der Waals surface area contributed by atoms with Gasteiger partial charge in [-0.05, 0) is 13.8 Å². The third kappa shape index (κ3) is 1.80. The van der Waals surface area contributed by atoms with E-state index in [-0.39, 0.29) is 0 Å². The highest BCUT2D eigenvalue weighted by Crippen LogP contribution is 2.02. The zero-order valence-corrected chi connectivity index (χ0v) is 7.36. The Morgan fingerprint density at radius 2 is 2.33 bits per heavy atom. The molecule has 0 aliphatic rings. The van der Waals surface area contributed by atoms with E-state index < -0.39 is 6.10 Å². The van der Waals surface area contributed by atoms with Crippen LogP contribution < -0.4 is 5.73 Å². The van der Waals surface area contributed by atoms with Crippen molar-refractivity contribution in [3.63, 3.8) is 0 Å². The Balaban J connectivity index is 2.80. The summed E-state index contributed by atoms with van der Waals surface area (Å²) in [6.07, 6.45) is -0.406. The SMILES string of the molecule is Cc1c(CN)nnn1CC(C)O. The van der Waals surface area contributed by atoms with Crippen molar-refractivity contribution in [3.8, 4) is 0 Å². The minimum absolute atomic E-state index is 0.394. The Kier molecular flexibility index (Phi) is 2.78. The molecule has 1 rings (SSSR count). The molecule has 1 aromatic heterocycles. The summed E-state index contributed by atoms with van der Waals surface area (Å²) >= 11 is 0. The van der Waals surface area contributed by atoms with Crippen LogP contribution in [0.15, 0.2) is 0 Å².